The van der Waals surface area contributed by atoms with Gasteiger partial charge in [-0.1, -0.05) is 11.6 Å². The fraction of sp³-hybridized carbons (Fsp3) is 0.312. The Hall–Kier alpha value is -1.97. The van der Waals surface area contributed by atoms with Crippen molar-refractivity contribution in [1.29, 1.82) is 0 Å². The number of thioether (sulfide) groups is 1. The van der Waals surface area contributed by atoms with Crippen LogP contribution in [0.5, 0.6) is 0 Å². The van der Waals surface area contributed by atoms with Crippen molar-refractivity contribution in [2.75, 3.05) is 18.6 Å². The predicted octanol–water partition coefficient (Wildman–Crippen LogP) is 3.34. The summed E-state index contributed by atoms with van der Waals surface area (Å²) in [5, 5.41) is 6.00. The second-order valence-corrected chi connectivity index (χ2v) is 7.91. The van der Waals surface area contributed by atoms with E-state index in [4.69, 9.17) is 11.6 Å². The summed E-state index contributed by atoms with van der Waals surface area (Å²) in [6.07, 6.45) is 6.74. The van der Waals surface area contributed by atoms with Gasteiger partial charge in [0, 0.05) is 30.1 Å². The number of thiophene rings is 1. The SMILES string of the molecule is CSCCN(C(=O)c1csc(Cl)c1)C(C)c1ncnn1-c1ncccn1. The van der Waals surface area contributed by atoms with E-state index >= 15 is 0 Å². The van der Waals surface area contributed by atoms with Crippen molar-refractivity contribution in [3.05, 3.63) is 52.0 Å². The quantitative estimate of drug-likeness (QED) is 0.596. The number of halogens is 1. The molecule has 7 nitrogen and oxygen atoms in total. The minimum absolute atomic E-state index is 0.0850. The first-order valence-electron chi connectivity index (χ1n) is 7.83. The second-order valence-electron chi connectivity index (χ2n) is 5.39. The van der Waals surface area contributed by atoms with Crippen LogP contribution in [0.3, 0.4) is 0 Å². The Morgan fingerprint density at radius 2 is 2.15 bits per heavy atom. The van der Waals surface area contributed by atoms with Gasteiger partial charge in [0.15, 0.2) is 5.82 Å². The highest BCUT2D eigenvalue weighted by Crippen LogP contribution is 2.26. The maximum atomic E-state index is 13.0. The summed E-state index contributed by atoms with van der Waals surface area (Å²) < 4.78 is 2.15. The molecule has 136 valence electrons. The van der Waals surface area contributed by atoms with Crippen molar-refractivity contribution in [2.45, 2.75) is 13.0 Å². The molecule has 1 atom stereocenters. The molecule has 3 aromatic rings. The van der Waals surface area contributed by atoms with Crippen molar-refractivity contribution in [1.82, 2.24) is 29.6 Å². The van der Waals surface area contributed by atoms with E-state index in [1.165, 1.54) is 17.7 Å². The van der Waals surface area contributed by atoms with Crippen LogP contribution in [-0.4, -0.2) is 54.1 Å². The van der Waals surface area contributed by atoms with Gasteiger partial charge in [0.2, 0.25) is 0 Å². The Morgan fingerprint density at radius 3 is 2.81 bits per heavy atom. The van der Waals surface area contributed by atoms with E-state index in [2.05, 4.69) is 20.1 Å². The van der Waals surface area contributed by atoms with Gasteiger partial charge < -0.3 is 4.90 Å². The van der Waals surface area contributed by atoms with Crippen molar-refractivity contribution in [2.24, 2.45) is 0 Å². The van der Waals surface area contributed by atoms with Gasteiger partial charge in [-0.25, -0.2) is 15.0 Å². The number of nitrogens with zero attached hydrogens (tertiary/aromatic N) is 6. The lowest BCUT2D eigenvalue weighted by molar-refractivity contribution is 0.0696. The van der Waals surface area contributed by atoms with Crippen LogP contribution in [-0.2, 0) is 0 Å². The lowest BCUT2D eigenvalue weighted by atomic mass is 10.2. The molecule has 0 saturated carbocycles. The Kier molecular flexibility index (Phi) is 6.23. The number of carbonyl (C=O) groups excluding carboxylic acids is 1. The molecular weight excluding hydrogens is 392 g/mol. The number of aromatic nitrogens is 5. The molecule has 10 heteroatoms. The lowest BCUT2D eigenvalue weighted by Crippen LogP contribution is -2.36. The molecule has 3 aromatic heterocycles. The van der Waals surface area contributed by atoms with Crippen molar-refractivity contribution in [3.8, 4) is 5.95 Å². The first-order valence-corrected chi connectivity index (χ1v) is 10.5. The third-order valence-corrected chi connectivity index (χ3v) is 5.45. The first-order chi connectivity index (χ1) is 12.6. The van der Waals surface area contributed by atoms with Gasteiger partial charge in [0.1, 0.15) is 6.33 Å². The Morgan fingerprint density at radius 1 is 1.38 bits per heavy atom. The third kappa shape index (κ3) is 4.05. The molecule has 0 aliphatic carbocycles. The summed E-state index contributed by atoms with van der Waals surface area (Å²) in [7, 11) is 0. The van der Waals surface area contributed by atoms with Crippen LogP contribution in [0.1, 0.15) is 29.1 Å². The van der Waals surface area contributed by atoms with Crippen molar-refractivity contribution < 1.29 is 4.79 Å². The number of carbonyl (C=O) groups is 1. The van der Waals surface area contributed by atoms with Crippen LogP contribution in [0.2, 0.25) is 4.34 Å². The molecule has 3 heterocycles. The molecule has 3 rings (SSSR count). The molecule has 0 aliphatic heterocycles. The normalized spacial score (nSPS) is 12.1. The van der Waals surface area contributed by atoms with E-state index in [-0.39, 0.29) is 11.9 Å². The fourth-order valence-electron chi connectivity index (χ4n) is 2.48. The minimum atomic E-state index is -0.306. The van der Waals surface area contributed by atoms with Gasteiger partial charge in [-0.15, -0.1) is 11.3 Å². The van der Waals surface area contributed by atoms with E-state index < -0.39 is 0 Å². The highest BCUT2D eigenvalue weighted by Gasteiger charge is 2.27. The highest BCUT2D eigenvalue weighted by molar-refractivity contribution is 7.98. The molecule has 0 aliphatic rings. The molecule has 0 saturated heterocycles. The van der Waals surface area contributed by atoms with Gasteiger partial charge in [0.05, 0.1) is 15.9 Å². The lowest BCUT2D eigenvalue weighted by Gasteiger charge is -2.28. The number of hydrogen-bond acceptors (Lipinski definition) is 7. The average molecular weight is 409 g/mol. The van der Waals surface area contributed by atoms with E-state index in [1.54, 1.807) is 51.3 Å². The van der Waals surface area contributed by atoms with E-state index in [9.17, 15) is 4.79 Å². The molecule has 0 bridgehead atoms. The topological polar surface area (TPSA) is 76.8 Å². The van der Waals surface area contributed by atoms with Gasteiger partial charge >= 0.3 is 0 Å². The number of hydrogen-bond donors (Lipinski definition) is 0. The maximum absolute atomic E-state index is 13.0. The van der Waals surface area contributed by atoms with Gasteiger partial charge in [-0.2, -0.15) is 21.5 Å². The van der Waals surface area contributed by atoms with Crippen LogP contribution < -0.4 is 0 Å². The molecule has 0 fully saturated rings. The Bertz CT molecular complexity index is 869. The second kappa shape index (κ2) is 8.61. The summed E-state index contributed by atoms with van der Waals surface area (Å²) in [6.45, 7) is 2.51. The van der Waals surface area contributed by atoms with Crippen molar-refractivity contribution in [3.63, 3.8) is 0 Å². The highest BCUT2D eigenvalue weighted by atomic mass is 35.5. The molecule has 0 radical (unpaired) electrons. The largest absolute Gasteiger partial charge is 0.328 e. The van der Waals surface area contributed by atoms with E-state index in [0.717, 1.165) is 5.75 Å². The average Bonchev–Trinajstić information content (AvgIpc) is 3.31. The van der Waals surface area contributed by atoms with Crippen LogP contribution in [0.15, 0.2) is 36.2 Å². The van der Waals surface area contributed by atoms with E-state index in [0.29, 0.717) is 28.2 Å². The van der Waals surface area contributed by atoms with Crippen LogP contribution in [0, 0.1) is 0 Å². The standard InChI is InChI=1S/C16H17ClN6OS2/c1-11(14-20-10-21-23(14)16-18-4-3-5-19-16)22(6-7-25-2)15(24)12-8-13(17)26-9-12/h3-5,8-11H,6-7H2,1-2H3. The molecule has 0 aromatic carbocycles. The zero-order valence-corrected chi connectivity index (χ0v) is 16.6. The molecule has 1 unspecified atom stereocenters. The maximum Gasteiger partial charge on any atom is 0.255 e. The Labute approximate surface area is 164 Å². The summed E-state index contributed by atoms with van der Waals surface area (Å²) in [5.41, 5.74) is 0.579. The zero-order chi connectivity index (χ0) is 18.5. The summed E-state index contributed by atoms with van der Waals surface area (Å²) in [4.78, 5) is 27.6. The van der Waals surface area contributed by atoms with Gasteiger partial charge in [-0.3, -0.25) is 4.79 Å². The molecular formula is C16H17ClN6OS2. The monoisotopic (exact) mass is 408 g/mol. The molecule has 0 spiro atoms. The minimum Gasteiger partial charge on any atom is -0.328 e. The zero-order valence-electron chi connectivity index (χ0n) is 14.2. The molecule has 0 N–H and O–H groups in total. The number of amides is 1. The summed E-state index contributed by atoms with van der Waals surface area (Å²) in [5.74, 6) is 1.75. The molecule has 26 heavy (non-hydrogen) atoms. The van der Waals surface area contributed by atoms with Crippen LogP contribution >= 0.6 is 34.7 Å². The van der Waals surface area contributed by atoms with Crippen LogP contribution in [0.25, 0.3) is 5.95 Å². The fourth-order valence-corrected chi connectivity index (χ4v) is 3.71. The molecule has 1 amide bonds. The summed E-state index contributed by atoms with van der Waals surface area (Å²) in [6, 6.07) is 3.12. The number of rotatable bonds is 7. The van der Waals surface area contributed by atoms with Gasteiger partial charge in [-0.05, 0) is 25.3 Å². The van der Waals surface area contributed by atoms with E-state index in [1.807, 2.05) is 13.2 Å². The predicted molar refractivity (Wildman–Crippen MR) is 104 cm³/mol. The first kappa shape index (κ1) is 18.8. The summed E-state index contributed by atoms with van der Waals surface area (Å²) >= 11 is 9.02. The smallest absolute Gasteiger partial charge is 0.255 e. The Balaban J connectivity index is 1.92. The van der Waals surface area contributed by atoms with Crippen LogP contribution in [0.4, 0.5) is 0 Å². The van der Waals surface area contributed by atoms with Crippen molar-refractivity contribution >= 4 is 40.6 Å². The van der Waals surface area contributed by atoms with Gasteiger partial charge in [0.25, 0.3) is 11.9 Å². The third-order valence-electron chi connectivity index (χ3n) is 3.77.